The van der Waals surface area contributed by atoms with Crippen LogP contribution in [0.15, 0.2) is 48.5 Å². The summed E-state index contributed by atoms with van der Waals surface area (Å²) in [6.07, 6.45) is 7.99. The van der Waals surface area contributed by atoms with Crippen LogP contribution in [0.25, 0.3) is 42.5 Å². The van der Waals surface area contributed by atoms with Crippen molar-refractivity contribution in [1.82, 2.24) is 4.57 Å². The first-order valence-electron chi connectivity index (χ1n) is 11.8. The van der Waals surface area contributed by atoms with E-state index in [4.69, 9.17) is 0 Å². The average molecular weight is 429 g/mol. The fourth-order valence-electron chi connectivity index (χ4n) is 5.00. The molecule has 3 heteroatoms. The van der Waals surface area contributed by atoms with Crippen molar-refractivity contribution in [2.75, 3.05) is 11.9 Å². The molecule has 3 aromatic carbocycles. The number of rotatable bonds is 8. The second-order valence-corrected chi connectivity index (χ2v) is 10.1. The summed E-state index contributed by atoms with van der Waals surface area (Å²) in [5.41, 5.74) is 1.33. The fraction of sp³-hybridized carbons (Fsp3) is 0.357. The number of aromatic nitrogens is 1. The van der Waals surface area contributed by atoms with Crippen molar-refractivity contribution in [3.63, 3.8) is 0 Å². The Morgan fingerprint density at radius 3 is 2.29 bits per heavy atom. The second-order valence-electron chi connectivity index (χ2n) is 8.88. The highest BCUT2D eigenvalue weighted by molar-refractivity contribution is 7.20. The summed E-state index contributed by atoms with van der Waals surface area (Å²) in [6, 6.07) is 18.4. The van der Waals surface area contributed by atoms with Crippen LogP contribution in [0.5, 0.6) is 0 Å². The molecule has 0 unspecified atom stereocenters. The molecule has 0 saturated carbocycles. The van der Waals surface area contributed by atoms with Crippen LogP contribution in [-0.2, 0) is 7.05 Å². The molecule has 2 nitrogen and oxygen atoms in total. The number of aryl methyl sites for hydroxylation is 2. The molecular formula is C28H32N2S. The number of hydrogen-bond donors (Lipinski definition) is 1. The molecule has 0 bridgehead atoms. The fourth-order valence-corrected chi connectivity index (χ4v) is 6.04. The van der Waals surface area contributed by atoms with Crippen molar-refractivity contribution in [3.8, 4) is 0 Å². The molecule has 0 aliphatic carbocycles. The van der Waals surface area contributed by atoms with Gasteiger partial charge in [-0.25, -0.2) is 0 Å². The minimum Gasteiger partial charge on any atom is -0.371 e. The Hall–Kier alpha value is -2.52. The minimum absolute atomic E-state index is 1.05. The number of nitrogens with zero attached hydrogens (tertiary/aromatic N) is 1. The molecule has 2 aromatic heterocycles. The van der Waals surface area contributed by atoms with E-state index < -0.39 is 0 Å². The van der Waals surface area contributed by atoms with Gasteiger partial charge in [-0.1, -0.05) is 75.4 Å². The molecule has 0 amide bonds. The van der Waals surface area contributed by atoms with Gasteiger partial charge in [-0.2, -0.15) is 0 Å². The molecule has 0 radical (unpaired) electrons. The standard InChI is InChI=1S/C28H32N2S/c1-4-5-6-7-8-9-16-29-26-18-20-10-12-22-23-13-11-21-17-19(2)31-28(21)25(23)15-14-24(22)27(20)30(26)3/h10-15,17-18,29H,4-9,16H2,1-3H3. The number of thiophene rings is 1. The van der Waals surface area contributed by atoms with Crippen LogP contribution in [0, 0.1) is 6.92 Å². The van der Waals surface area contributed by atoms with Gasteiger partial charge in [0.15, 0.2) is 0 Å². The molecule has 2 heterocycles. The van der Waals surface area contributed by atoms with Gasteiger partial charge in [0.05, 0.1) is 5.52 Å². The predicted octanol–water partition coefficient (Wildman–Crippen LogP) is 8.78. The lowest BCUT2D eigenvalue weighted by Gasteiger charge is -2.10. The maximum Gasteiger partial charge on any atom is 0.106 e. The van der Waals surface area contributed by atoms with Gasteiger partial charge < -0.3 is 9.88 Å². The third-order valence-corrected chi connectivity index (χ3v) is 7.73. The van der Waals surface area contributed by atoms with Gasteiger partial charge in [0.2, 0.25) is 0 Å². The highest BCUT2D eigenvalue weighted by atomic mass is 32.1. The summed E-state index contributed by atoms with van der Waals surface area (Å²) < 4.78 is 3.75. The molecular weight excluding hydrogens is 396 g/mol. The summed E-state index contributed by atoms with van der Waals surface area (Å²) in [5.74, 6) is 1.22. The van der Waals surface area contributed by atoms with Crippen molar-refractivity contribution >= 4 is 59.7 Å². The number of anilines is 1. The molecule has 31 heavy (non-hydrogen) atoms. The lowest BCUT2D eigenvalue weighted by atomic mass is 9.99. The lowest BCUT2D eigenvalue weighted by molar-refractivity contribution is 0.616. The van der Waals surface area contributed by atoms with Crippen molar-refractivity contribution < 1.29 is 0 Å². The number of unbranched alkanes of at least 4 members (excludes halogenated alkanes) is 5. The molecule has 0 aliphatic rings. The van der Waals surface area contributed by atoms with E-state index in [0.29, 0.717) is 0 Å². The smallest absolute Gasteiger partial charge is 0.106 e. The summed E-state index contributed by atoms with van der Waals surface area (Å²) in [7, 11) is 2.20. The van der Waals surface area contributed by atoms with Crippen LogP contribution < -0.4 is 5.32 Å². The van der Waals surface area contributed by atoms with Crippen molar-refractivity contribution in [3.05, 3.63) is 53.4 Å². The predicted molar refractivity (Wildman–Crippen MR) is 140 cm³/mol. The van der Waals surface area contributed by atoms with E-state index in [1.54, 1.807) is 0 Å². The quantitative estimate of drug-likeness (QED) is 0.193. The SMILES string of the molecule is CCCCCCCCNc1cc2ccc3c4ccc5cc(C)sc5c4ccc3c2n1C. The van der Waals surface area contributed by atoms with Gasteiger partial charge >= 0.3 is 0 Å². The number of nitrogens with one attached hydrogen (secondary N) is 1. The molecule has 5 rings (SSSR count). The minimum atomic E-state index is 1.05. The normalized spacial score (nSPS) is 12.0. The van der Waals surface area contributed by atoms with E-state index in [1.807, 2.05) is 11.3 Å². The van der Waals surface area contributed by atoms with E-state index in [9.17, 15) is 0 Å². The third kappa shape index (κ3) is 3.70. The first-order valence-corrected chi connectivity index (χ1v) is 12.6. The van der Waals surface area contributed by atoms with Crippen molar-refractivity contribution in [1.29, 1.82) is 0 Å². The molecule has 5 aromatic rings. The molecule has 1 N–H and O–H groups in total. The molecule has 0 atom stereocenters. The van der Waals surface area contributed by atoms with Gasteiger partial charge in [-0.3, -0.25) is 0 Å². The largest absolute Gasteiger partial charge is 0.371 e. The maximum absolute atomic E-state index is 3.69. The van der Waals surface area contributed by atoms with E-state index in [-0.39, 0.29) is 0 Å². The first kappa shape index (κ1) is 20.4. The van der Waals surface area contributed by atoms with Crippen LogP contribution in [-0.4, -0.2) is 11.1 Å². The molecule has 0 fully saturated rings. The summed E-state index contributed by atoms with van der Waals surface area (Å²) in [6.45, 7) is 5.52. The maximum atomic E-state index is 3.69. The van der Waals surface area contributed by atoms with Crippen molar-refractivity contribution in [2.45, 2.75) is 52.4 Å². The van der Waals surface area contributed by atoms with Gasteiger partial charge in [0.25, 0.3) is 0 Å². The number of hydrogen-bond acceptors (Lipinski definition) is 2. The number of fused-ring (bicyclic) bond motifs is 7. The zero-order valence-corrected chi connectivity index (χ0v) is 19.7. The van der Waals surface area contributed by atoms with E-state index in [2.05, 4.69) is 79.3 Å². The Labute approximate surface area is 188 Å². The monoisotopic (exact) mass is 428 g/mol. The van der Waals surface area contributed by atoms with Gasteiger partial charge in [-0.05, 0) is 41.6 Å². The Morgan fingerprint density at radius 2 is 1.45 bits per heavy atom. The Bertz CT molecular complexity index is 1370. The van der Waals surface area contributed by atoms with E-state index in [0.717, 1.165) is 6.54 Å². The summed E-state index contributed by atoms with van der Waals surface area (Å²) in [4.78, 5) is 1.38. The lowest BCUT2D eigenvalue weighted by Crippen LogP contribution is -2.05. The van der Waals surface area contributed by atoms with Crippen LogP contribution in [0.4, 0.5) is 5.82 Å². The average Bonchev–Trinajstić information content (AvgIpc) is 3.31. The van der Waals surface area contributed by atoms with Crippen LogP contribution in [0.2, 0.25) is 0 Å². The summed E-state index contributed by atoms with van der Waals surface area (Å²) in [5, 5.41) is 11.8. The zero-order chi connectivity index (χ0) is 21.4. The third-order valence-electron chi connectivity index (χ3n) is 6.63. The molecule has 160 valence electrons. The molecule has 0 spiro atoms. The highest BCUT2D eigenvalue weighted by Gasteiger charge is 2.12. The molecule has 0 saturated heterocycles. The van der Waals surface area contributed by atoms with Gasteiger partial charge in [0.1, 0.15) is 5.82 Å². The van der Waals surface area contributed by atoms with Crippen LogP contribution >= 0.6 is 11.3 Å². The van der Waals surface area contributed by atoms with E-state index in [1.165, 1.54) is 91.8 Å². The summed E-state index contributed by atoms with van der Waals surface area (Å²) >= 11 is 1.90. The zero-order valence-electron chi connectivity index (χ0n) is 18.9. The van der Waals surface area contributed by atoms with Gasteiger partial charge in [-0.15, -0.1) is 11.3 Å². The van der Waals surface area contributed by atoms with E-state index >= 15 is 0 Å². The van der Waals surface area contributed by atoms with Crippen LogP contribution in [0.3, 0.4) is 0 Å². The number of benzene rings is 3. The molecule has 0 aliphatic heterocycles. The highest BCUT2D eigenvalue weighted by Crippen LogP contribution is 2.38. The first-order chi connectivity index (χ1) is 15.2. The Balaban J connectivity index is 1.48. The topological polar surface area (TPSA) is 17.0 Å². The van der Waals surface area contributed by atoms with Crippen LogP contribution in [0.1, 0.15) is 50.3 Å². The Morgan fingerprint density at radius 1 is 0.774 bits per heavy atom. The van der Waals surface area contributed by atoms with Gasteiger partial charge in [0, 0.05) is 39.3 Å². The second kappa shape index (κ2) is 8.55. The van der Waals surface area contributed by atoms with Crippen molar-refractivity contribution in [2.24, 2.45) is 7.05 Å². The Kier molecular flexibility index (Phi) is 5.62.